The fourth-order valence-corrected chi connectivity index (χ4v) is 7.15. The summed E-state index contributed by atoms with van der Waals surface area (Å²) >= 11 is 0. The Bertz CT molecular complexity index is 1070. The first-order valence-corrected chi connectivity index (χ1v) is 13.8. The first kappa shape index (κ1) is 24.6. The standard InChI is InChI=1S/C31H43NO3/c1-21-19-27(35-23-11-9-22(10-12-23)29(2,3)4)26(25-8-6-5-7-24(21)25)20-32-31-16-13-30(14-17-31,15-18-31)28(33)34/h5-8,19,22-23,32H,9-18,20H2,1-4H3,(H,33,34)/t22-,23-,30?,31?. The zero-order chi connectivity index (χ0) is 24.8. The van der Waals surface area contributed by atoms with Crippen molar-refractivity contribution in [2.24, 2.45) is 16.7 Å². The first-order chi connectivity index (χ1) is 16.6. The molecule has 0 heterocycles. The fourth-order valence-electron chi connectivity index (χ4n) is 7.15. The molecule has 4 fully saturated rings. The number of aliphatic carboxylic acids is 1. The Morgan fingerprint density at radius 1 is 1.00 bits per heavy atom. The molecular formula is C31H43NO3. The van der Waals surface area contributed by atoms with Crippen molar-refractivity contribution in [3.63, 3.8) is 0 Å². The SMILES string of the molecule is Cc1cc(O[C@H]2CC[C@H](C(C)(C)C)CC2)c(CNC23CCC(C(=O)O)(CC2)CC3)c2ccccc12. The zero-order valence-corrected chi connectivity index (χ0v) is 22.1. The van der Waals surface area contributed by atoms with E-state index in [1.807, 2.05) is 0 Å². The second-order valence-electron chi connectivity index (χ2n) is 12.9. The molecule has 6 rings (SSSR count). The largest absolute Gasteiger partial charge is 0.490 e. The summed E-state index contributed by atoms with van der Waals surface area (Å²) in [6.07, 6.45) is 10.3. The molecule has 4 heteroatoms. The lowest BCUT2D eigenvalue weighted by Crippen LogP contribution is -2.56. The third-order valence-corrected chi connectivity index (χ3v) is 9.85. The normalized spacial score (nSPS) is 31.0. The molecule has 2 aromatic rings. The van der Waals surface area contributed by atoms with Crippen molar-refractivity contribution in [1.82, 2.24) is 5.32 Å². The van der Waals surface area contributed by atoms with Crippen molar-refractivity contribution in [2.45, 2.75) is 110 Å². The van der Waals surface area contributed by atoms with Gasteiger partial charge < -0.3 is 15.2 Å². The van der Waals surface area contributed by atoms with Crippen LogP contribution in [0.25, 0.3) is 10.8 Å². The lowest BCUT2D eigenvalue weighted by atomic mass is 9.57. The molecule has 4 nitrogen and oxygen atoms in total. The summed E-state index contributed by atoms with van der Waals surface area (Å²) in [5.74, 6) is 1.22. The summed E-state index contributed by atoms with van der Waals surface area (Å²) in [7, 11) is 0. The van der Waals surface area contributed by atoms with Gasteiger partial charge in [-0.1, -0.05) is 45.0 Å². The summed E-state index contributed by atoms with van der Waals surface area (Å²) in [6.45, 7) is 10.1. The number of aryl methyl sites for hydroxylation is 1. The van der Waals surface area contributed by atoms with E-state index in [9.17, 15) is 9.90 Å². The maximum absolute atomic E-state index is 11.9. The third kappa shape index (κ3) is 4.71. The van der Waals surface area contributed by atoms with Crippen molar-refractivity contribution < 1.29 is 14.6 Å². The molecule has 0 aliphatic heterocycles. The highest BCUT2D eigenvalue weighted by Gasteiger charge is 2.52. The van der Waals surface area contributed by atoms with Gasteiger partial charge in [0.05, 0.1) is 11.5 Å². The average molecular weight is 478 g/mol. The minimum atomic E-state index is -0.591. The fraction of sp³-hybridized carbons (Fsp3) is 0.645. The van der Waals surface area contributed by atoms with Gasteiger partial charge in [0, 0.05) is 17.6 Å². The van der Waals surface area contributed by atoms with Crippen LogP contribution in [0.4, 0.5) is 0 Å². The van der Waals surface area contributed by atoms with Crippen molar-refractivity contribution >= 4 is 16.7 Å². The van der Waals surface area contributed by atoms with E-state index in [0.717, 1.165) is 69.6 Å². The van der Waals surface area contributed by atoms with Crippen molar-refractivity contribution in [3.05, 3.63) is 41.5 Å². The number of rotatable bonds is 6. The summed E-state index contributed by atoms with van der Waals surface area (Å²) in [4.78, 5) is 11.9. The van der Waals surface area contributed by atoms with Gasteiger partial charge in [-0.25, -0.2) is 0 Å². The van der Waals surface area contributed by atoms with Crippen LogP contribution in [0.3, 0.4) is 0 Å². The van der Waals surface area contributed by atoms with Crippen LogP contribution < -0.4 is 10.1 Å². The van der Waals surface area contributed by atoms with E-state index in [-0.39, 0.29) is 11.6 Å². The Kier molecular flexibility index (Phi) is 6.40. The van der Waals surface area contributed by atoms with Crippen LogP contribution in [0, 0.1) is 23.7 Å². The monoisotopic (exact) mass is 477 g/mol. The van der Waals surface area contributed by atoms with Gasteiger partial charge in [-0.2, -0.15) is 0 Å². The van der Waals surface area contributed by atoms with Gasteiger partial charge in [-0.15, -0.1) is 0 Å². The van der Waals surface area contributed by atoms with Crippen LogP contribution in [0.2, 0.25) is 0 Å². The van der Waals surface area contributed by atoms with Crippen LogP contribution in [0.5, 0.6) is 5.75 Å². The molecule has 2 bridgehead atoms. The molecule has 2 aromatic carbocycles. The number of nitrogens with one attached hydrogen (secondary N) is 1. The number of carboxylic acid groups (broad SMARTS) is 1. The zero-order valence-electron chi connectivity index (χ0n) is 22.1. The Morgan fingerprint density at radius 3 is 2.17 bits per heavy atom. The predicted molar refractivity (Wildman–Crippen MR) is 142 cm³/mol. The lowest BCUT2D eigenvalue weighted by molar-refractivity contribution is -0.156. The van der Waals surface area contributed by atoms with Gasteiger partial charge in [0.15, 0.2) is 0 Å². The minimum Gasteiger partial charge on any atom is -0.490 e. The Hall–Kier alpha value is -2.07. The van der Waals surface area contributed by atoms with Crippen LogP contribution in [0.1, 0.15) is 96.1 Å². The Labute approximate surface area is 210 Å². The highest BCUT2D eigenvalue weighted by molar-refractivity contribution is 5.90. The molecule has 4 saturated carbocycles. The highest BCUT2D eigenvalue weighted by atomic mass is 16.5. The van der Waals surface area contributed by atoms with Gasteiger partial charge >= 0.3 is 5.97 Å². The van der Waals surface area contributed by atoms with E-state index >= 15 is 0 Å². The van der Waals surface area contributed by atoms with Crippen LogP contribution in [0.15, 0.2) is 30.3 Å². The summed E-state index contributed by atoms with van der Waals surface area (Å²) in [5, 5.41) is 16.3. The van der Waals surface area contributed by atoms with E-state index in [2.05, 4.69) is 63.3 Å². The quantitative estimate of drug-likeness (QED) is 0.455. The molecule has 0 radical (unpaired) electrons. The summed E-state index contributed by atoms with van der Waals surface area (Å²) < 4.78 is 6.78. The molecule has 0 aromatic heterocycles. The van der Waals surface area contributed by atoms with Crippen LogP contribution >= 0.6 is 0 Å². The van der Waals surface area contributed by atoms with Gasteiger partial charge in [-0.05, 0) is 105 Å². The minimum absolute atomic E-state index is 0.0607. The summed E-state index contributed by atoms with van der Waals surface area (Å²) in [6, 6.07) is 11.0. The second-order valence-corrected chi connectivity index (χ2v) is 12.9. The molecule has 2 N–H and O–H groups in total. The topological polar surface area (TPSA) is 58.6 Å². The number of carbonyl (C=O) groups is 1. The average Bonchev–Trinajstić information content (AvgIpc) is 2.85. The van der Waals surface area contributed by atoms with Gasteiger partial charge in [-0.3, -0.25) is 4.79 Å². The molecule has 4 aliphatic rings. The maximum atomic E-state index is 11.9. The van der Waals surface area contributed by atoms with Crippen molar-refractivity contribution in [3.8, 4) is 5.75 Å². The molecule has 0 atom stereocenters. The summed E-state index contributed by atoms with van der Waals surface area (Å²) in [5.41, 5.74) is 2.49. The van der Waals surface area contributed by atoms with Gasteiger partial charge in [0.25, 0.3) is 0 Å². The van der Waals surface area contributed by atoms with Crippen LogP contribution in [-0.2, 0) is 11.3 Å². The molecule has 0 saturated heterocycles. The van der Waals surface area contributed by atoms with Crippen molar-refractivity contribution in [1.29, 1.82) is 0 Å². The van der Waals surface area contributed by atoms with Gasteiger partial charge in [0.1, 0.15) is 5.75 Å². The van der Waals surface area contributed by atoms with Gasteiger partial charge in [0.2, 0.25) is 0 Å². The van der Waals surface area contributed by atoms with E-state index in [1.54, 1.807) is 0 Å². The Balaban J connectivity index is 1.36. The number of hydrogen-bond donors (Lipinski definition) is 2. The first-order valence-electron chi connectivity index (χ1n) is 13.8. The smallest absolute Gasteiger partial charge is 0.309 e. The molecule has 35 heavy (non-hydrogen) atoms. The van der Waals surface area contributed by atoms with Crippen molar-refractivity contribution in [2.75, 3.05) is 0 Å². The highest BCUT2D eigenvalue weighted by Crippen LogP contribution is 2.52. The van der Waals surface area contributed by atoms with E-state index < -0.39 is 11.4 Å². The third-order valence-electron chi connectivity index (χ3n) is 9.85. The number of fused-ring (bicyclic) bond motifs is 4. The molecule has 4 aliphatic carbocycles. The molecule has 0 amide bonds. The molecular weight excluding hydrogens is 434 g/mol. The second kappa shape index (κ2) is 9.10. The van der Waals surface area contributed by atoms with E-state index in [4.69, 9.17) is 4.74 Å². The molecule has 190 valence electrons. The lowest BCUT2D eigenvalue weighted by Gasteiger charge is -2.52. The number of carboxylic acids is 1. The van der Waals surface area contributed by atoms with Crippen LogP contribution in [-0.4, -0.2) is 22.7 Å². The molecule has 0 spiro atoms. The van der Waals surface area contributed by atoms with E-state index in [0.29, 0.717) is 5.41 Å². The number of benzene rings is 2. The Morgan fingerprint density at radius 2 is 1.60 bits per heavy atom. The predicted octanol–water partition coefficient (Wildman–Crippen LogP) is 7.40. The number of ether oxygens (including phenoxy) is 1. The molecule has 0 unspecified atom stereocenters. The maximum Gasteiger partial charge on any atom is 0.309 e. The van der Waals surface area contributed by atoms with E-state index in [1.165, 1.54) is 34.7 Å². The number of hydrogen-bond acceptors (Lipinski definition) is 3.